The molecule has 0 aliphatic carbocycles. The van der Waals surface area contributed by atoms with Gasteiger partial charge in [-0.25, -0.2) is 4.79 Å². The Balaban J connectivity index is 4.34. The van der Waals surface area contributed by atoms with Gasteiger partial charge in [0.1, 0.15) is 0 Å². The summed E-state index contributed by atoms with van der Waals surface area (Å²) in [4.78, 5) is 10.7. The summed E-state index contributed by atoms with van der Waals surface area (Å²) in [6.45, 7) is 0.704. The van der Waals surface area contributed by atoms with E-state index in [1.807, 2.05) is 14.1 Å². The van der Waals surface area contributed by atoms with E-state index in [0.717, 1.165) is 0 Å². The second kappa shape index (κ2) is 6.31. The molecule has 0 amide bonds. The van der Waals surface area contributed by atoms with Crippen molar-refractivity contribution >= 4 is 14.8 Å². The van der Waals surface area contributed by atoms with Crippen molar-refractivity contribution in [2.24, 2.45) is 0 Å². The minimum Gasteiger partial charge on any atom is -0.477 e. The number of hydrogen-bond acceptors (Lipinski definition) is 4. The highest BCUT2D eigenvalue weighted by atomic mass is 28.4. The Bertz CT molecular complexity index is 222. The molecule has 0 fully saturated rings. The van der Waals surface area contributed by atoms with Gasteiger partial charge < -0.3 is 22.9 Å². The zero-order valence-electron chi connectivity index (χ0n) is 10.6. The molecule has 96 valence electrons. The number of rotatable bonds is 8. The van der Waals surface area contributed by atoms with Gasteiger partial charge in [0, 0.05) is 21.3 Å². The monoisotopic (exact) mass is 252 g/mol. The van der Waals surface area contributed by atoms with E-state index in [1.54, 1.807) is 21.3 Å². The Morgan fingerprint density at radius 1 is 1.19 bits per heavy atom. The van der Waals surface area contributed by atoms with E-state index in [0.29, 0.717) is 17.1 Å². The molecule has 0 radical (unpaired) electrons. The maximum absolute atomic E-state index is 10.7. The molecule has 0 aliphatic heterocycles. The summed E-state index contributed by atoms with van der Waals surface area (Å²) < 4.78 is 16.2. The maximum Gasteiger partial charge on any atom is 0.505 e. The lowest BCUT2D eigenvalue weighted by molar-refractivity contribution is -0.881. The zero-order valence-corrected chi connectivity index (χ0v) is 11.6. The number of hydrogen-bond donors (Lipinski definition) is 1. The predicted octanol–water partition coefficient (Wildman–Crippen LogP) is 0.0255. The quantitative estimate of drug-likeness (QED) is 0.487. The van der Waals surface area contributed by atoms with Gasteiger partial charge in [0.05, 0.1) is 26.7 Å². The van der Waals surface area contributed by atoms with Gasteiger partial charge in [0.25, 0.3) is 0 Å². The SMILES string of the molecule is CO[Si](CC[N+](C)(C)CC(=O)O)(OC)OC. The van der Waals surface area contributed by atoms with Crippen molar-refractivity contribution in [1.82, 2.24) is 0 Å². The fraction of sp³-hybridized carbons (Fsp3) is 0.889. The third-order valence-corrected chi connectivity index (χ3v) is 5.22. The van der Waals surface area contributed by atoms with Crippen molar-refractivity contribution in [2.45, 2.75) is 6.04 Å². The summed E-state index contributed by atoms with van der Waals surface area (Å²) >= 11 is 0. The van der Waals surface area contributed by atoms with Crippen LogP contribution in [0.2, 0.25) is 6.04 Å². The van der Waals surface area contributed by atoms with Gasteiger partial charge in [-0.2, -0.15) is 0 Å². The third-order valence-electron chi connectivity index (χ3n) is 2.52. The number of quaternary nitrogens is 1. The van der Waals surface area contributed by atoms with Gasteiger partial charge in [-0.05, 0) is 0 Å². The van der Waals surface area contributed by atoms with Crippen molar-refractivity contribution < 1.29 is 27.7 Å². The number of nitrogens with zero attached hydrogens (tertiary/aromatic N) is 1. The van der Waals surface area contributed by atoms with E-state index in [-0.39, 0.29) is 6.54 Å². The van der Waals surface area contributed by atoms with E-state index in [4.69, 9.17) is 18.4 Å². The van der Waals surface area contributed by atoms with Crippen LogP contribution in [-0.2, 0) is 18.1 Å². The van der Waals surface area contributed by atoms with Crippen LogP contribution in [0, 0.1) is 0 Å². The second-order valence-electron chi connectivity index (χ2n) is 4.26. The molecule has 0 unspecified atom stereocenters. The van der Waals surface area contributed by atoms with Gasteiger partial charge >= 0.3 is 14.8 Å². The van der Waals surface area contributed by atoms with Gasteiger partial charge in [-0.1, -0.05) is 0 Å². The Hall–Kier alpha value is -0.473. The molecule has 0 heterocycles. The standard InChI is InChI=1S/C9H21NO5Si/c1-10(2,8-9(11)12)6-7-16(13-3,14-4)15-5/h6-8H2,1-5H3/p+1. The minimum absolute atomic E-state index is 0.0711. The van der Waals surface area contributed by atoms with E-state index in [2.05, 4.69) is 0 Å². The fourth-order valence-electron chi connectivity index (χ4n) is 1.44. The molecule has 0 aromatic carbocycles. The van der Waals surface area contributed by atoms with E-state index in [1.165, 1.54) is 0 Å². The molecule has 0 spiro atoms. The molecule has 0 bridgehead atoms. The van der Waals surface area contributed by atoms with Crippen LogP contribution in [-0.4, -0.2) is 72.9 Å². The number of carbonyl (C=O) groups is 1. The molecule has 0 saturated heterocycles. The predicted molar refractivity (Wildman–Crippen MR) is 61.1 cm³/mol. The first-order chi connectivity index (χ1) is 7.31. The molecule has 7 heteroatoms. The molecule has 0 saturated carbocycles. The van der Waals surface area contributed by atoms with Crippen LogP contribution < -0.4 is 0 Å². The van der Waals surface area contributed by atoms with Crippen molar-refractivity contribution in [3.8, 4) is 0 Å². The fourth-order valence-corrected chi connectivity index (χ4v) is 3.43. The third kappa shape index (κ3) is 5.04. The Morgan fingerprint density at radius 3 is 1.94 bits per heavy atom. The van der Waals surface area contributed by atoms with Crippen LogP contribution in [0.5, 0.6) is 0 Å². The van der Waals surface area contributed by atoms with Crippen LogP contribution in [0.15, 0.2) is 0 Å². The number of carboxylic acids is 1. The Labute approximate surface area is 97.7 Å². The number of aliphatic carboxylic acids is 1. The first-order valence-electron chi connectivity index (χ1n) is 5.00. The second-order valence-corrected chi connectivity index (χ2v) is 7.35. The van der Waals surface area contributed by atoms with Crippen LogP contribution in [0.25, 0.3) is 0 Å². The largest absolute Gasteiger partial charge is 0.505 e. The van der Waals surface area contributed by atoms with Gasteiger partial charge in [-0.3, -0.25) is 0 Å². The summed E-state index contributed by atoms with van der Waals surface area (Å²) in [7, 11) is 5.78. The molecule has 16 heavy (non-hydrogen) atoms. The summed E-state index contributed by atoms with van der Waals surface area (Å²) in [6.07, 6.45) is 0. The zero-order chi connectivity index (χ0) is 12.8. The molecular weight excluding hydrogens is 230 g/mol. The van der Waals surface area contributed by atoms with E-state index >= 15 is 0 Å². The van der Waals surface area contributed by atoms with Crippen molar-refractivity contribution in [1.29, 1.82) is 0 Å². The summed E-state index contributed by atoms with van der Waals surface area (Å²) in [5.41, 5.74) is 0. The molecule has 0 aromatic rings. The molecule has 0 atom stereocenters. The van der Waals surface area contributed by atoms with Crippen LogP contribution >= 0.6 is 0 Å². The highest BCUT2D eigenvalue weighted by molar-refractivity contribution is 6.60. The molecule has 1 N–H and O–H groups in total. The van der Waals surface area contributed by atoms with E-state index in [9.17, 15) is 4.79 Å². The lowest BCUT2D eigenvalue weighted by Gasteiger charge is -2.31. The average molecular weight is 252 g/mol. The smallest absolute Gasteiger partial charge is 0.477 e. The molecule has 0 aliphatic rings. The lowest BCUT2D eigenvalue weighted by atomic mass is 10.4. The highest BCUT2D eigenvalue weighted by Gasteiger charge is 2.40. The van der Waals surface area contributed by atoms with E-state index < -0.39 is 14.8 Å². The molecule has 0 rings (SSSR count). The Kier molecular flexibility index (Phi) is 6.12. The highest BCUT2D eigenvalue weighted by Crippen LogP contribution is 2.14. The molecular formula is C9H22NO5Si+. The Morgan fingerprint density at radius 2 is 1.62 bits per heavy atom. The lowest BCUT2D eigenvalue weighted by Crippen LogP contribution is -2.51. The number of likely N-dealkylation sites (N-methyl/N-ethyl adjacent to an activating group) is 1. The minimum atomic E-state index is -2.59. The van der Waals surface area contributed by atoms with Crippen molar-refractivity contribution in [2.75, 3.05) is 48.5 Å². The van der Waals surface area contributed by atoms with Crippen LogP contribution in [0.3, 0.4) is 0 Å². The van der Waals surface area contributed by atoms with Crippen LogP contribution in [0.4, 0.5) is 0 Å². The summed E-state index contributed by atoms with van der Waals surface area (Å²) in [5, 5.41) is 8.75. The summed E-state index contributed by atoms with van der Waals surface area (Å²) in [6, 6.07) is 0.594. The summed E-state index contributed by atoms with van der Waals surface area (Å²) in [5.74, 6) is -0.815. The topological polar surface area (TPSA) is 65.0 Å². The molecule has 6 nitrogen and oxygen atoms in total. The first kappa shape index (κ1) is 15.5. The van der Waals surface area contributed by atoms with Crippen LogP contribution in [0.1, 0.15) is 0 Å². The van der Waals surface area contributed by atoms with Gasteiger partial charge in [0.2, 0.25) is 0 Å². The normalized spacial score (nSPS) is 12.8. The molecule has 0 aromatic heterocycles. The van der Waals surface area contributed by atoms with Crippen molar-refractivity contribution in [3.63, 3.8) is 0 Å². The maximum atomic E-state index is 10.7. The number of carboxylic acid groups (broad SMARTS) is 1. The average Bonchev–Trinajstić information content (AvgIpc) is 2.19. The van der Waals surface area contributed by atoms with Gasteiger partial charge in [0.15, 0.2) is 6.54 Å². The van der Waals surface area contributed by atoms with Crippen molar-refractivity contribution in [3.05, 3.63) is 0 Å². The first-order valence-corrected chi connectivity index (χ1v) is 6.93. The van der Waals surface area contributed by atoms with Gasteiger partial charge in [-0.15, -0.1) is 0 Å².